The molecule has 1 fully saturated rings. The van der Waals surface area contributed by atoms with E-state index in [9.17, 15) is 18.8 Å². The van der Waals surface area contributed by atoms with E-state index >= 15 is 0 Å². The Morgan fingerprint density at radius 3 is 2.86 bits per heavy atom. The van der Waals surface area contributed by atoms with Gasteiger partial charge in [0.25, 0.3) is 0 Å². The molecular formula is C27H25F2N7O. The van der Waals surface area contributed by atoms with Gasteiger partial charge < -0.3 is 14.9 Å². The quantitative estimate of drug-likeness (QED) is 0.274. The van der Waals surface area contributed by atoms with Gasteiger partial charge in [-0.25, -0.2) is 23.7 Å². The number of fused-ring (bicyclic) bond motifs is 1. The Labute approximate surface area is 212 Å². The Kier molecular flexibility index (Phi) is 6.53. The normalized spacial score (nSPS) is 18.1. The number of anilines is 1. The summed E-state index contributed by atoms with van der Waals surface area (Å²) in [6.07, 6.45) is 11.3. The number of H-pyrrole nitrogens is 1. The summed E-state index contributed by atoms with van der Waals surface area (Å²) in [7, 11) is 1.82. The number of nitriles is 1. The fourth-order valence-electron chi connectivity index (χ4n) is 4.90. The van der Waals surface area contributed by atoms with Gasteiger partial charge in [0.2, 0.25) is 5.78 Å². The number of aryl methyl sites for hydroxylation is 1. The fraction of sp³-hybridized carbons (Fsp3) is 0.296. The smallest absolute Gasteiger partial charge is 0.208 e. The third-order valence-electron chi connectivity index (χ3n) is 6.69. The number of allylic oxidation sites excluding steroid dienone is 2. The molecule has 1 aliphatic carbocycles. The molecule has 3 aromatic heterocycles. The summed E-state index contributed by atoms with van der Waals surface area (Å²) in [4.78, 5) is 28.2. The summed E-state index contributed by atoms with van der Waals surface area (Å²) in [6.45, 7) is 1.80. The fourth-order valence-corrected chi connectivity index (χ4v) is 4.90. The van der Waals surface area contributed by atoms with Crippen LogP contribution in [-0.4, -0.2) is 36.3 Å². The summed E-state index contributed by atoms with van der Waals surface area (Å²) >= 11 is 0. The highest BCUT2D eigenvalue weighted by Crippen LogP contribution is 2.32. The molecule has 188 valence electrons. The van der Waals surface area contributed by atoms with Crippen LogP contribution in [0.5, 0.6) is 0 Å². The lowest BCUT2D eigenvalue weighted by Gasteiger charge is -2.29. The maximum absolute atomic E-state index is 14.7. The number of carbonyl (C=O) groups excluding carboxylic acids is 1. The van der Waals surface area contributed by atoms with Gasteiger partial charge in [-0.1, -0.05) is 12.5 Å². The first-order valence-corrected chi connectivity index (χ1v) is 12.0. The maximum Gasteiger partial charge on any atom is 0.208 e. The van der Waals surface area contributed by atoms with Crippen molar-refractivity contribution in [1.82, 2.24) is 24.5 Å². The van der Waals surface area contributed by atoms with Gasteiger partial charge in [-0.05, 0) is 49.8 Å². The number of benzene rings is 1. The predicted octanol–water partition coefficient (Wildman–Crippen LogP) is 5.31. The highest BCUT2D eigenvalue weighted by molar-refractivity contribution is 6.06. The monoisotopic (exact) mass is 501 g/mol. The van der Waals surface area contributed by atoms with Crippen molar-refractivity contribution in [3.63, 3.8) is 0 Å². The molecule has 0 amide bonds. The van der Waals surface area contributed by atoms with Crippen molar-refractivity contribution in [2.24, 2.45) is 13.0 Å². The molecular weight excluding hydrogens is 476 g/mol. The third-order valence-corrected chi connectivity index (χ3v) is 6.69. The van der Waals surface area contributed by atoms with Crippen molar-refractivity contribution >= 4 is 22.5 Å². The average Bonchev–Trinajstić information content (AvgIpc) is 3.52. The van der Waals surface area contributed by atoms with Crippen LogP contribution >= 0.6 is 0 Å². The second kappa shape index (κ2) is 9.93. The lowest BCUT2D eigenvalue weighted by Crippen LogP contribution is -2.28. The van der Waals surface area contributed by atoms with Gasteiger partial charge in [0.15, 0.2) is 17.5 Å². The van der Waals surface area contributed by atoms with Crippen LogP contribution < -0.4 is 5.32 Å². The van der Waals surface area contributed by atoms with Crippen LogP contribution in [0.1, 0.15) is 48.7 Å². The minimum atomic E-state index is -0.591. The molecule has 5 rings (SSSR count). The molecule has 1 aromatic carbocycles. The van der Waals surface area contributed by atoms with E-state index in [1.54, 1.807) is 36.3 Å². The summed E-state index contributed by atoms with van der Waals surface area (Å²) in [5.41, 5.74) is 1.93. The minimum Gasteiger partial charge on any atom is -0.365 e. The summed E-state index contributed by atoms with van der Waals surface area (Å²) < 4.78 is 30.8. The van der Waals surface area contributed by atoms with Gasteiger partial charge in [-0.3, -0.25) is 4.79 Å². The Balaban J connectivity index is 1.35. The number of rotatable bonds is 6. The highest BCUT2D eigenvalue weighted by Gasteiger charge is 2.24. The standard InChI is InChI=1S/C27H25F2N7O/c1-15(25(37)23-13-36(2)14-33-23)6-16-4-3-5-18(7-16)34-27-22(29)12-32-26(35-27)20-11-31-24-19(20)8-17(10-30)9-21(24)28/h6,8-9,11-14,16,18,31H,3-5,7H2,1-2H3,(H,32,34,35)/b15-6+/t16-,18?/m0/s1. The number of carbonyl (C=O) groups is 1. The maximum atomic E-state index is 14.7. The predicted molar refractivity (Wildman–Crippen MR) is 135 cm³/mol. The van der Waals surface area contributed by atoms with Crippen molar-refractivity contribution in [3.8, 4) is 17.5 Å². The minimum absolute atomic E-state index is 0.0457. The third kappa shape index (κ3) is 4.98. The number of nitrogens with one attached hydrogen (secondary N) is 2. The zero-order valence-electron chi connectivity index (χ0n) is 20.4. The van der Waals surface area contributed by atoms with Crippen molar-refractivity contribution in [3.05, 3.63) is 71.6 Å². The summed E-state index contributed by atoms with van der Waals surface area (Å²) in [5, 5.41) is 12.9. The number of nitrogens with zero attached hydrogens (tertiary/aromatic N) is 5. The second-order valence-corrected chi connectivity index (χ2v) is 9.46. The molecule has 10 heteroatoms. The van der Waals surface area contributed by atoms with Gasteiger partial charge in [-0.15, -0.1) is 0 Å². The molecule has 1 unspecified atom stereocenters. The van der Waals surface area contributed by atoms with E-state index in [0.29, 0.717) is 22.2 Å². The second-order valence-electron chi connectivity index (χ2n) is 9.46. The SMILES string of the molecule is C/C(=C\[C@@H]1CCCC(Nc2nc(-c3c[nH]c4c(F)cc(C#N)cc34)ncc2F)C1)C(=O)c1cn(C)cn1. The molecule has 0 saturated heterocycles. The summed E-state index contributed by atoms with van der Waals surface area (Å²) in [5.74, 6) is -0.812. The summed E-state index contributed by atoms with van der Waals surface area (Å²) in [6, 6.07) is 4.60. The molecule has 37 heavy (non-hydrogen) atoms. The van der Waals surface area contributed by atoms with E-state index in [0.717, 1.165) is 37.9 Å². The lowest BCUT2D eigenvalue weighted by atomic mass is 9.84. The van der Waals surface area contributed by atoms with E-state index in [1.165, 1.54) is 0 Å². The molecule has 0 bridgehead atoms. The molecule has 4 aromatic rings. The Bertz CT molecular complexity index is 1560. The molecule has 1 aliphatic rings. The van der Waals surface area contributed by atoms with E-state index < -0.39 is 11.6 Å². The number of Topliss-reactive ketones (excluding diaryl/α,β-unsaturated/α-hetero) is 1. The van der Waals surface area contributed by atoms with Gasteiger partial charge in [0.05, 0.1) is 29.7 Å². The van der Waals surface area contributed by atoms with Crippen molar-refractivity contribution in [2.75, 3.05) is 5.32 Å². The van der Waals surface area contributed by atoms with E-state index in [1.807, 2.05) is 19.2 Å². The van der Waals surface area contributed by atoms with Crippen LogP contribution in [-0.2, 0) is 7.05 Å². The van der Waals surface area contributed by atoms with Gasteiger partial charge >= 0.3 is 0 Å². The lowest BCUT2D eigenvalue weighted by molar-refractivity contribution is 0.102. The molecule has 2 N–H and O–H groups in total. The molecule has 0 spiro atoms. The first-order valence-electron chi connectivity index (χ1n) is 12.0. The highest BCUT2D eigenvalue weighted by atomic mass is 19.1. The Hall–Kier alpha value is -4.39. The van der Waals surface area contributed by atoms with Crippen LogP contribution in [0.3, 0.4) is 0 Å². The van der Waals surface area contributed by atoms with E-state index in [4.69, 9.17) is 0 Å². The van der Waals surface area contributed by atoms with Crippen molar-refractivity contribution in [2.45, 2.75) is 38.6 Å². The van der Waals surface area contributed by atoms with E-state index in [-0.39, 0.29) is 40.5 Å². The van der Waals surface area contributed by atoms with Crippen LogP contribution in [0.4, 0.5) is 14.6 Å². The van der Waals surface area contributed by atoms with Gasteiger partial charge in [-0.2, -0.15) is 5.26 Å². The topological polar surface area (TPSA) is 112 Å². The Morgan fingerprint density at radius 1 is 1.27 bits per heavy atom. The van der Waals surface area contributed by atoms with Gasteiger partial charge in [0.1, 0.15) is 11.5 Å². The van der Waals surface area contributed by atoms with Crippen LogP contribution in [0.15, 0.2) is 48.7 Å². The van der Waals surface area contributed by atoms with Crippen molar-refractivity contribution < 1.29 is 13.6 Å². The number of ketones is 1. The Morgan fingerprint density at radius 2 is 2.11 bits per heavy atom. The van der Waals surface area contributed by atoms with E-state index in [2.05, 4.69) is 25.3 Å². The zero-order chi connectivity index (χ0) is 26.1. The number of hydrogen-bond acceptors (Lipinski definition) is 6. The first kappa shape index (κ1) is 24.3. The largest absolute Gasteiger partial charge is 0.365 e. The van der Waals surface area contributed by atoms with Gasteiger partial charge in [0, 0.05) is 36.4 Å². The number of hydrogen-bond donors (Lipinski definition) is 2. The molecule has 8 nitrogen and oxygen atoms in total. The van der Waals surface area contributed by atoms with Crippen LogP contribution in [0, 0.1) is 28.9 Å². The van der Waals surface area contributed by atoms with Crippen LogP contribution in [0.25, 0.3) is 22.3 Å². The molecule has 1 saturated carbocycles. The molecule has 0 radical (unpaired) electrons. The number of aromatic nitrogens is 5. The molecule has 2 atom stereocenters. The zero-order valence-corrected chi connectivity index (χ0v) is 20.4. The van der Waals surface area contributed by atoms with Crippen molar-refractivity contribution in [1.29, 1.82) is 5.26 Å². The number of aromatic amines is 1. The van der Waals surface area contributed by atoms with Crippen LogP contribution in [0.2, 0.25) is 0 Å². The molecule has 0 aliphatic heterocycles. The molecule has 3 heterocycles. The number of imidazole rings is 1. The number of halogens is 2. The average molecular weight is 502 g/mol. The first-order chi connectivity index (χ1) is 17.8.